The highest BCUT2D eigenvalue weighted by Crippen LogP contribution is 2.34. The van der Waals surface area contributed by atoms with Crippen LogP contribution in [0.2, 0.25) is 0 Å². The summed E-state index contributed by atoms with van der Waals surface area (Å²) in [6.07, 6.45) is 0. The smallest absolute Gasteiger partial charge is 0.123 e. The van der Waals surface area contributed by atoms with Gasteiger partial charge in [-0.1, -0.05) is 64.1 Å². The minimum Gasteiger partial charge on any atom is -0.507 e. The molecule has 0 aliphatic heterocycles. The molecule has 98 valence electrons. The zero-order valence-electron chi connectivity index (χ0n) is 11.5. The van der Waals surface area contributed by atoms with Crippen LogP contribution in [0.1, 0.15) is 27.7 Å². The van der Waals surface area contributed by atoms with Crippen molar-refractivity contribution in [3.8, 4) is 22.6 Å². The Morgan fingerprint density at radius 1 is 0.556 bits per heavy atom. The molecule has 2 aromatic rings. The Morgan fingerprint density at radius 3 is 1.11 bits per heavy atom. The summed E-state index contributed by atoms with van der Waals surface area (Å²) < 4.78 is 0. The molecule has 0 radical (unpaired) electrons. The first-order valence-corrected chi connectivity index (χ1v) is 6.35. The molecular weight excluding hydrogens is 224 g/mol. The van der Waals surface area contributed by atoms with E-state index in [4.69, 9.17) is 0 Å². The molecule has 0 bridgehead atoms. The third-order valence-corrected chi connectivity index (χ3v) is 2.10. The summed E-state index contributed by atoms with van der Waals surface area (Å²) in [7, 11) is 0. The summed E-state index contributed by atoms with van der Waals surface area (Å²) in [6.45, 7) is 8.00. The van der Waals surface area contributed by atoms with Crippen molar-refractivity contribution in [2.75, 3.05) is 0 Å². The average Bonchev–Trinajstić information content (AvgIpc) is 2.45. The lowest BCUT2D eigenvalue weighted by Crippen LogP contribution is -1.79. The fourth-order valence-electron chi connectivity index (χ4n) is 1.40. The number of benzene rings is 2. The van der Waals surface area contributed by atoms with Crippen molar-refractivity contribution in [2.45, 2.75) is 27.7 Å². The molecule has 0 heterocycles. The first kappa shape index (κ1) is 16.0. The van der Waals surface area contributed by atoms with E-state index in [9.17, 15) is 10.2 Å². The molecular formula is C16H22O2. The second-order valence-corrected chi connectivity index (χ2v) is 3.03. The molecule has 2 nitrogen and oxygen atoms in total. The van der Waals surface area contributed by atoms with Gasteiger partial charge in [-0.25, -0.2) is 0 Å². The lowest BCUT2D eigenvalue weighted by atomic mass is 10.0. The number of phenols is 2. The highest BCUT2D eigenvalue weighted by molar-refractivity contribution is 5.74. The Hall–Kier alpha value is -1.96. The molecule has 0 saturated carbocycles. The number of hydrogen-bond donors (Lipinski definition) is 2. The van der Waals surface area contributed by atoms with Gasteiger partial charge in [-0.05, 0) is 12.1 Å². The monoisotopic (exact) mass is 246 g/mol. The van der Waals surface area contributed by atoms with Gasteiger partial charge in [0.15, 0.2) is 0 Å². The van der Waals surface area contributed by atoms with Crippen LogP contribution in [0.15, 0.2) is 48.5 Å². The van der Waals surface area contributed by atoms with Crippen LogP contribution in [0.25, 0.3) is 11.1 Å². The van der Waals surface area contributed by atoms with Gasteiger partial charge in [0.25, 0.3) is 0 Å². The number of phenolic OH excluding ortho intramolecular Hbond substituents is 2. The predicted octanol–water partition coefficient (Wildman–Crippen LogP) is 4.82. The number of para-hydroxylation sites is 2. The van der Waals surface area contributed by atoms with Crippen molar-refractivity contribution in [3.05, 3.63) is 48.5 Å². The number of hydrogen-bond acceptors (Lipinski definition) is 2. The molecule has 0 amide bonds. The zero-order valence-corrected chi connectivity index (χ0v) is 11.5. The van der Waals surface area contributed by atoms with Crippen LogP contribution in [-0.2, 0) is 0 Å². The molecule has 0 unspecified atom stereocenters. The maximum atomic E-state index is 9.58. The zero-order chi connectivity index (χ0) is 14.0. The fraction of sp³-hybridized carbons (Fsp3) is 0.250. The first-order chi connectivity index (χ1) is 8.79. The first-order valence-electron chi connectivity index (χ1n) is 6.35. The van der Waals surface area contributed by atoms with Crippen molar-refractivity contribution in [2.24, 2.45) is 0 Å². The summed E-state index contributed by atoms with van der Waals surface area (Å²) >= 11 is 0. The Bertz CT molecular complexity index is 407. The summed E-state index contributed by atoms with van der Waals surface area (Å²) in [5, 5.41) is 19.2. The second-order valence-electron chi connectivity index (χ2n) is 3.03. The van der Waals surface area contributed by atoms with E-state index in [1.165, 1.54) is 0 Å². The largest absolute Gasteiger partial charge is 0.507 e. The van der Waals surface area contributed by atoms with Gasteiger partial charge >= 0.3 is 0 Å². The molecule has 2 heteroatoms. The van der Waals surface area contributed by atoms with E-state index in [2.05, 4.69) is 0 Å². The van der Waals surface area contributed by atoms with Gasteiger partial charge in [-0.15, -0.1) is 0 Å². The van der Waals surface area contributed by atoms with Gasteiger partial charge in [0, 0.05) is 11.1 Å². The molecule has 0 saturated heterocycles. The normalized spacial score (nSPS) is 8.44. The number of aromatic hydroxyl groups is 2. The minimum atomic E-state index is 0.175. The maximum absolute atomic E-state index is 9.58. The standard InChI is InChI=1S/C12H10O2.2C2H6/c13-11-7-3-1-5-9(11)10-6-2-4-8-12(10)14;2*1-2/h1-8,13-14H;2*1-2H3. The lowest BCUT2D eigenvalue weighted by molar-refractivity contribution is 0.469. The third kappa shape index (κ3) is 4.13. The molecule has 18 heavy (non-hydrogen) atoms. The minimum absolute atomic E-state index is 0.175. The van der Waals surface area contributed by atoms with E-state index in [1.807, 2.05) is 39.8 Å². The maximum Gasteiger partial charge on any atom is 0.123 e. The fourth-order valence-corrected chi connectivity index (χ4v) is 1.40. The van der Waals surface area contributed by atoms with Gasteiger partial charge in [-0.3, -0.25) is 0 Å². The van der Waals surface area contributed by atoms with Gasteiger partial charge in [-0.2, -0.15) is 0 Å². The third-order valence-electron chi connectivity index (χ3n) is 2.10. The molecule has 0 atom stereocenters. The second kappa shape index (κ2) is 9.11. The summed E-state index contributed by atoms with van der Waals surface area (Å²) in [4.78, 5) is 0. The van der Waals surface area contributed by atoms with E-state index in [0.29, 0.717) is 11.1 Å². The Morgan fingerprint density at radius 2 is 0.833 bits per heavy atom. The van der Waals surface area contributed by atoms with E-state index in [1.54, 1.807) is 36.4 Å². The quantitative estimate of drug-likeness (QED) is 0.757. The van der Waals surface area contributed by atoms with Gasteiger partial charge in [0.2, 0.25) is 0 Å². The molecule has 2 N–H and O–H groups in total. The van der Waals surface area contributed by atoms with Crippen LogP contribution in [0, 0.1) is 0 Å². The molecule has 0 spiro atoms. The van der Waals surface area contributed by atoms with Crippen LogP contribution < -0.4 is 0 Å². The van der Waals surface area contributed by atoms with E-state index < -0.39 is 0 Å². The molecule has 2 rings (SSSR count). The van der Waals surface area contributed by atoms with Gasteiger partial charge < -0.3 is 10.2 Å². The van der Waals surface area contributed by atoms with Crippen LogP contribution in [0.4, 0.5) is 0 Å². The summed E-state index contributed by atoms with van der Waals surface area (Å²) in [5.41, 5.74) is 1.29. The van der Waals surface area contributed by atoms with E-state index >= 15 is 0 Å². The Labute approximate surface area is 110 Å². The topological polar surface area (TPSA) is 40.5 Å². The SMILES string of the molecule is CC.CC.Oc1ccccc1-c1ccccc1O. The van der Waals surface area contributed by atoms with E-state index in [-0.39, 0.29) is 11.5 Å². The Balaban J connectivity index is 0.000000659. The predicted molar refractivity (Wildman–Crippen MR) is 77.9 cm³/mol. The van der Waals surface area contributed by atoms with Crippen LogP contribution in [0.5, 0.6) is 11.5 Å². The van der Waals surface area contributed by atoms with Crippen molar-refractivity contribution in [1.82, 2.24) is 0 Å². The number of rotatable bonds is 1. The summed E-state index contributed by atoms with van der Waals surface area (Å²) in [6, 6.07) is 13.9. The van der Waals surface area contributed by atoms with Crippen molar-refractivity contribution >= 4 is 0 Å². The Kier molecular flexibility index (Phi) is 8.12. The molecule has 0 aliphatic carbocycles. The van der Waals surface area contributed by atoms with Crippen LogP contribution in [-0.4, -0.2) is 10.2 Å². The van der Waals surface area contributed by atoms with Crippen molar-refractivity contribution in [3.63, 3.8) is 0 Å². The lowest BCUT2D eigenvalue weighted by Gasteiger charge is -2.05. The molecule has 0 aliphatic rings. The van der Waals surface area contributed by atoms with E-state index in [0.717, 1.165) is 0 Å². The molecule has 0 aromatic heterocycles. The van der Waals surface area contributed by atoms with Crippen LogP contribution in [0.3, 0.4) is 0 Å². The van der Waals surface area contributed by atoms with Gasteiger partial charge in [0.1, 0.15) is 11.5 Å². The average molecular weight is 246 g/mol. The van der Waals surface area contributed by atoms with Crippen LogP contribution >= 0.6 is 0 Å². The van der Waals surface area contributed by atoms with Gasteiger partial charge in [0.05, 0.1) is 0 Å². The van der Waals surface area contributed by atoms with Crippen molar-refractivity contribution < 1.29 is 10.2 Å². The molecule has 0 fully saturated rings. The van der Waals surface area contributed by atoms with Crippen molar-refractivity contribution in [1.29, 1.82) is 0 Å². The molecule has 2 aromatic carbocycles. The summed E-state index contributed by atoms with van der Waals surface area (Å²) in [5.74, 6) is 0.350. The highest BCUT2D eigenvalue weighted by atomic mass is 16.3. The highest BCUT2D eigenvalue weighted by Gasteiger charge is 2.06.